The molecule has 1 atom stereocenters. The third-order valence-electron chi connectivity index (χ3n) is 4.44. The highest BCUT2D eigenvalue weighted by Crippen LogP contribution is 2.12. The van der Waals surface area contributed by atoms with Gasteiger partial charge in [0.15, 0.2) is 5.69 Å². The van der Waals surface area contributed by atoms with Gasteiger partial charge in [0.2, 0.25) is 0 Å². The van der Waals surface area contributed by atoms with Crippen molar-refractivity contribution in [3.05, 3.63) is 53.9 Å². The van der Waals surface area contributed by atoms with Gasteiger partial charge in [-0.15, -0.1) is 5.10 Å². The van der Waals surface area contributed by atoms with E-state index in [0.717, 1.165) is 25.2 Å². The van der Waals surface area contributed by atoms with Gasteiger partial charge in [-0.2, -0.15) is 0 Å². The van der Waals surface area contributed by atoms with Crippen molar-refractivity contribution >= 4 is 12.0 Å². The fourth-order valence-corrected chi connectivity index (χ4v) is 3.02. The lowest BCUT2D eigenvalue weighted by Crippen LogP contribution is -2.32. The Kier molecular flexibility index (Phi) is 5.95. The fourth-order valence-electron chi connectivity index (χ4n) is 3.02. The zero-order chi connectivity index (χ0) is 17.5. The van der Waals surface area contributed by atoms with Crippen molar-refractivity contribution in [3.8, 4) is 0 Å². The van der Waals surface area contributed by atoms with Gasteiger partial charge in [-0.25, -0.2) is 0 Å². The summed E-state index contributed by atoms with van der Waals surface area (Å²) in [6.45, 7) is 3.45. The summed E-state index contributed by atoms with van der Waals surface area (Å²) in [6.07, 6.45) is 8.14. The molecule has 6 nitrogen and oxygen atoms in total. The first-order chi connectivity index (χ1) is 12.2. The van der Waals surface area contributed by atoms with Crippen molar-refractivity contribution in [2.75, 3.05) is 26.7 Å². The lowest BCUT2D eigenvalue weighted by Gasteiger charge is -2.22. The van der Waals surface area contributed by atoms with Crippen molar-refractivity contribution in [3.63, 3.8) is 0 Å². The second-order valence-electron chi connectivity index (χ2n) is 6.54. The molecule has 0 spiro atoms. The van der Waals surface area contributed by atoms with E-state index < -0.39 is 0 Å². The summed E-state index contributed by atoms with van der Waals surface area (Å²) >= 11 is 0. The standard InChI is InChI=1S/C19H25N5O/c1-23(12-6-10-16-7-3-2-4-8-16)19(25)18-15-24(22-21-18)14-17-9-5-11-20-13-17/h2-4,6-8,10,15,17,20H,5,9,11-14H2,1H3/b10-6+/t17-/m1/s1. The van der Waals surface area contributed by atoms with Crippen LogP contribution in [0.15, 0.2) is 42.6 Å². The number of carbonyl (C=O) groups is 1. The molecule has 6 heteroatoms. The Bertz CT molecular complexity index is 704. The third-order valence-corrected chi connectivity index (χ3v) is 4.44. The number of hydrogen-bond donors (Lipinski definition) is 1. The van der Waals surface area contributed by atoms with E-state index in [1.807, 2.05) is 42.5 Å². The minimum Gasteiger partial charge on any atom is -0.337 e. The minimum absolute atomic E-state index is 0.106. The summed E-state index contributed by atoms with van der Waals surface area (Å²) in [5.74, 6) is 0.454. The molecule has 2 heterocycles. The van der Waals surface area contributed by atoms with E-state index in [-0.39, 0.29) is 5.91 Å². The zero-order valence-electron chi connectivity index (χ0n) is 14.6. The van der Waals surface area contributed by atoms with Gasteiger partial charge in [-0.3, -0.25) is 9.48 Å². The van der Waals surface area contributed by atoms with E-state index in [1.54, 1.807) is 22.8 Å². The van der Waals surface area contributed by atoms with Crippen LogP contribution in [0, 0.1) is 5.92 Å². The predicted octanol–water partition coefficient (Wildman–Crippen LogP) is 2.06. The lowest BCUT2D eigenvalue weighted by molar-refractivity contribution is 0.0804. The van der Waals surface area contributed by atoms with Crippen molar-refractivity contribution < 1.29 is 4.79 Å². The molecule has 2 aromatic rings. The highest BCUT2D eigenvalue weighted by molar-refractivity contribution is 5.91. The molecule has 0 radical (unpaired) electrons. The molecule has 1 fully saturated rings. The first-order valence-electron chi connectivity index (χ1n) is 8.80. The van der Waals surface area contributed by atoms with Gasteiger partial charge in [-0.05, 0) is 37.4 Å². The van der Waals surface area contributed by atoms with Crippen LogP contribution in [0.25, 0.3) is 6.08 Å². The number of amides is 1. The topological polar surface area (TPSA) is 63.1 Å². The third kappa shape index (κ3) is 5.00. The maximum absolute atomic E-state index is 12.5. The maximum atomic E-state index is 12.5. The second kappa shape index (κ2) is 8.58. The summed E-state index contributed by atoms with van der Waals surface area (Å²) in [4.78, 5) is 14.1. The molecule has 0 unspecified atom stereocenters. The largest absolute Gasteiger partial charge is 0.337 e. The molecule has 3 rings (SSSR count). The van der Waals surface area contributed by atoms with Crippen molar-refractivity contribution in [2.45, 2.75) is 19.4 Å². The normalized spacial score (nSPS) is 17.7. The van der Waals surface area contributed by atoms with Crippen LogP contribution in [0.1, 0.15) is 28.9 Å². The van der Waals surface area contributed by atoms with Gasteiger partial charge >= 0.3 is 0 Å². The zero-order valence-corrected chi connectivity index (χ0v) is 14.6. The van der Waals surface area contributed by atoms with E-state index in [1.165, 1.54) is 12.8 Å². The second-order valence-corrected chi connectivity index (χ2v) is 6.54. The first-order valence-corrected chi connectivity index (χ1v) is 8.80. The fraction of sp³-hybridized carbons (Fsp3) is 0.421. The number of nitrogens with one attached hydrogen (secondary N) is 1. The number of hydrogen-bond acceptors (Lipinski definition) is 4. The van der Waals surface area contributed by atoms with Crippen molar-refractivity contribution in [1.29, 1.82) is 0 Å². The van der Waals surface area contributed by atoms with E-state index in [4.69, 9.17) is 0 Å². The molecular formula is C19H25N5O. The van der Waals surface area contributed by atoms with Crippen LogP contribution in [0.3, 0.4) is 0 Å². The molecule has 25 heavy (non-hydrogen) atoms. The Balaban J connectivity index is 1.52. The molecule has 1 aromatic carbocycles. The Morgan fingerprint density at radius 2 is 2.24 bits per heavy atom. The quantitative estimate of drug-likeness (QED) is 0.875. The van der Waals surface area contributed by atoms with E-state index >= 15 is 0 Å². The Hall–Kier alpha value is -2.47. The number of nitrogens with zero attached hydrogens (tertiary/aromatic N) is 4. The number of rotatable bonds is 6. The van der Waals surface area contributed by atoms with Gasteiger partial charge < -0.3 is 10.2 Å². The number of aromatic nitrogens is 3. The van der Waals surface area contributed by atoms with Crippen LogP contribution in [0.2, 0.25) is 0 Å². The molecule has 0 aliphatic carbocycles. The molecule has 1 aliphatic rings. The minimum atomic E-state index is -0.106. The Morgan fingerprint density at radius 3 is 3.00 bits per heavy atom. The predicted molar refractivity (Wildman–Crippen MR) is 98.1 cm³/mol. The SMILES string of the molecule is CN(C/C=C/c1ccccc1)C(=O)c1cn(C[C@@H]2CCCNC2)nn1. The van der Waals surface area contributed by atoms with Crippen LogP contribution in [-0.4, -0.2) is 52.5 Å². The van der Waals surface area contributed by atoms with Gasteiger partial charge in [0.1, 0.15) is 0 Å². The smallest absolute Gasteiger partial charge is 0.276 e. The van der Waals surface area contributed by atoms with E-state index in [2.05, 4.69) is 15.6 Å². The lowest BCUT2D eigenvalue weighted by atomic mass is 10.00. The molecule has 1 saturated heterocycles. The highest BCUT2D eigenvalue weighted by Gasteiger charge is 2.18. The van der Waals surface area contributed by atoms with Gasteiger partial charge in [0, 0.05) is 20.1 Å². The molecule has 1 aliphatic heterocycles. The molecule has 0 bridgehead atoms. The molecule has 132 valence electrons. The number of carbonyl (C=O) groups excluding carboxylic acids is 1. The molecular weight excluding hydrogens is 314 g/mol. The molecule has 1 amide bonds. The van der Waals surface area contributed by atoms with Gasteiger partial charge in [-0.1, -0.05) is 47.7 Å². The highest BCUT2D eigenvalue weighted by atomic mass is 16.2. The molecule has 0 saturated carbocycles. The Labute approximate surface area is 148 Å². The average Bonchev–Trinajstić information content (AvgIpc) is 3.11. The summed E-state index contributed by atoms with van der Waals surface area (Å²) in [5, 5.41) is 11.6. The molecule has 1 aromatic heterocycles. The maximum Gasteiger partial charge on any atom is 0.276 e. The van der Waals surface area contributed by atoms with Crippen LogP contribution in [-0.2, 0) is 6.54 Å². The summed E-state index contributed by atoms with van der Waals surface area (Å²) in [5.41, 5.74) is 1.52. The number of piperidine rings is 1. The van der Waals surface area contributed by atoms with Gasteiger partial charge in [0.05, 0.1) is 6.20 Å². The molecule has 1 N–H and O–H groups in total. The van der Waals surface area contributed by atoms with E-state index in [9.17, 15) is 4.79 Å². The summed E-state index contributed by atoms with van der Waals surface area (Å²) in [6, 6.07) is 10.0. The van der Waals surface area contributed by atoms with Crippen LogP contribution in [0.5, 0.6) is 0 Å². The first kappa shape index (κ1) is 17.4. The Morgan fingerprint density at radius 1 is 1.40 bits per heavy atom. The van der Waals surface area contributed by atoms with E-state index in [0.29, 0.717) is 18.2 Å². The van der Waals surface area contributed by atoms with Crippen molar-refractivity contribution in [2.24, 2.45) is 5.92 Å². The van der Waals surface area contributed by atoms with Crippen molar-refractivity contribution in [1.82, 2.24) is 25.2 Å². The van der Waals surface area contributed by atoms with Crippen LogP contribution in [0.4, 0.5) is 0 Å². The number of likely N-dealkylation sites (N-methyl/N-ethyl adjacent to an activating group) is 1. The number of benzene rings is 1. The monoisotopic (exact) mass is 339 g/mol. The summed E-state index contributed by atoms with van der Waals surface area (Å²) < 4.78 is 1.79. The van der Waals surface area contributed by atoms with Crippen LogP contribution >= 0.6 is 0 Å². The summed E-state index contributed by atoms with van der Waals surface area (Å²) in [7, 11) is 1.78. The van der Waals surface area contributed by atoms with Crippen LogP contribution < -0.4 is 5.32 Å². The van der Waals surface area contributed by atoms with Gasteiger partial charge in [0.25, 0.3) is 5.91 Å². The average molecular weight is 339 g/mol.